The van der Waals surface area contributed by atoms with E-state index in [-0.39, 0.29) is 24.8 Å². The van der Waals surface area contributed by atoms with Gasteiger partial charge in [-0.15, -0.1) is 30.2 Å². The standard InChI is InChI=1S/C17H13.C9H13.C6H10.2ClH.Zr/c1-3-12-5-7-14-11-15-8-6-13(4-2)10-17(15)16(14)9-12;1-9(2,3)8-6-4-5-7-8;1-2-4-6-5-3-1;;;/h3-7,9-10H,1-2,11H2;6-7H,4H2,1-3H3;1-5H2;2*1H;/q2*-1;;;;+2/p-2. The van der Waals surface area contributed by atoms with Gasteiger partial charge >= 0.3 is 59.5 Å². The third kappa shape index (κ3) is 9.28. The van der Waals surface area contributed by atoms with Crippen LogP contribution in [0, 0.1) is 17.6 Å². The zero-order chi connectivity index (χ0) is 23.8. The molecule has 0 radical (unpaired) electrons. The summed E-state index contributed by atoms with van der Waals surface area (Å²) >= 11 is 1.69. The molecule has 0 aliphatic heterocycles. The Labute approximate surface area is 240 Å². The molecule has 3 aliphatic rings. The maximum absolute atomic E-state index is 3.82. The van der Waals surface area contributed by atoms with Gasteiger partial charge in [-0.3, -0.25) is 6.08 Å². The predicted octanol–water partition coefficient (Wildman–Crippen LogP) is 2.74. The van der Waals surface area contributed by atoms with Crippen LogP contribution >= 0.6 is 0 Å². The number of benzene rings is 2. The van der Waals surface area contributed by atoms with Gasteiger partial charge in [0.1, 0.15) is 0 Å². The van der Waals surface area contributed by atoms with Crippen molar-refractivity contribution >= 4 is 15.4 Å². The van der Waals surface area contributed by atoms with Crippen LogP contribution in [0.5, 0.6) is 0 Å². The first-order chi connectivity index (χ1) is 15.8. The Morgan fingerprint density at radius 1 is 0.914 bits per heavy atom. The molecular formula is C32H36Cl2Zr-2. The van der Waals surface area contributed by atoms with Crippen molar-refractivity contribution in [1.82, 2.24) is 0 Å². The molecule has 0 nitrogen and oxygen atoms in total. The van der Waals surface area contributed by atoms with Crippen LogP contribution in [-0.2, 0) is 30.7 Å². The summed E-state index contributed by atoms with van der Waals surface area (Å²) in [6.45, 7) is 14.3. The molecule has 35 heavy (non-hydrogen) atoms. The topological polar surface area (TPSA) is 0 Å². The van der Waals surface area contributed by atoms with Gasteiger partial charge in [-0.25, -0.2) is 6.08 Å². The van der Waals surface area contributed by atoms with E-state index in [2.05, 4.69) is 82.5 Å². The Bertz CT molecular complexity index is 1020. The van der Waals surface area contributed by atoms with E-state index in [9.17, 15) is 0 Å². The molecule has 3 aliphatic carbocycles. The van der Waals surface area contributed by atoms with E-state index < -0.39 is 0 Å². The van der Waals surface area contributed by atoms with Crippen molar-refractivity contribution in [2.75, 3.05) is 0 Å². The van der Waals surface area contributed by atoms with Crippen LogP contribution in [0.2, 0.25) is 0 Å². The molecule has 3 heteroatoms. The van der Waals surface area contributed by atoms with Gasteiger partial charge in [-0.1, -0.05) is 68.2 Å². The molecule has 0 spiro atoms. The number of allylic oxidation sites excluding steroid dienone is 4. The maximum atomic E-state index is 3.82. The minimum absolute atomic E-state index is 0. The fraction of sp³-hybridized carbons (Fsp3) is 0.344. The van der Waals surface area contributed by atoms with E-state index in [0.717, 1.165) is 18.4 Å². The first-order valence-electron chi connectivity index (χ1n) is 12.1. The molecule has 1 saturated carbocycles. The van der Waals surface area contributed by atoms with Crippen LogP contribution in [0.4, 0.5) is 0 Å². The van der Waals surface area contributed by atoms with E-state index in [0.29, 0.717) is 5.41 Å². The summed E-state index contributed by atoms with van der Waals surface area (Å²) in [4.78, 5) is 0. The van der Waals surface area contributed by atoms with Crippen LogP contribution in [0.1, 0.15) is 81.5 Å². The van der Waals surface area contributed by atoms with Crippen molar-refractivity contribution in [2.45, 2.75) is 65.7 Å². The summed E-state index contributed by atoms with van der Waals surface area (Å²) in [7, 11) is 0. The molecular weight excluding hydrogens is 546 g/mol. The van der Waals surface area contributed by atoms with Gasteiger partial charge in [0.15, 0.2) is 0 Å². The Hall–Kier alpha value is -1.27. The summed E-state index contributed by atoms with van der Waals surface area (Å²) in [6, 6.07) is 14.1. The minimum atomic E-state index is 0. The van der Waals surface area contributed by atoms with Crippen LogP contribution in [0.15, 0.2) is 61.2 Å². The molecule has 0 bridgehead atoms. The molecule has 2 aromatic rings. The average molecular weight is 583 g/mol. The van der Waals surface area contributed by atoms with Gasteiger partial charge < -0.3 is 24.8 Å². The molecule has 0 atom stereocenters. The van der Waals surface area contributed by atoms with E-state index in [4.69, 9.17) is 0 Å². The molecule has 0 amide bonds. The van der Waals surface area contributed by atoms with E-state index >= 15 is 0 Å². The van der Waals surface area contributed by atoms with Crippen LogP contribution < -0.4 is 24.8 Å². The van der Waals surface area contributed by atoms with Crippen molar-refractivity contribution in [3.8, 4) is 11.1 Å². The van der Waals surface area contributed by atoms with Gasteiger partial charge in [0.05, 0.1) is 0 Å². The van der Waals surface area contributed by atoms with Gasteiger partial charge in [-0.05, 0) is 12.0 Å². The van der Waals surface area contributed by atoms with Crippen molar-refractivity contribution in [3.63, 3.8) is 0 Å². The van der Waals surface area contributed by atoms with E-state index in [1.165, 1.54) is 65.5 Å². The molecule has 5 rings (SSSR count). The number of fused-ring (bicyclic) bond motifs is 3. The van der Waals surface area contributed by atoms with Crippen LogP contribution in [0.3, 0.4) is 0 Å². The number of hydrogen-bond donors (Lipinski definition) is 0. The van der Waals surface area contributed by atoms with Gasteiger partial charge in [0.2, 0.25) is 0 Å². The first-order valence-corrected chi connectivity index (χ1v) is 13.3. The molecule has 1 fully saturated rings. The summed E-state index contributed by atoms with van der Waals surface area (Å²) in [5, 5.41) is 0. The molecule has 2 aromatic carbocycles. The van der Waals surface area contributed by atoms with Crippen LogP contribution in [0.25, 0.3) is 23.3 Å². The number of hydrogen-bond acceptors (Lipinski definition) is 0. The fourth-order valence-corrected chi connectivity index (χ4v) is 5.13. The predicted molar refractivity (Wildman–Crippen MR) is 142 cm³/mol. The summed E-state index contributed by atoms with van der Waals surface area (Å²) in [5.74, 6) is 0. The van der Waals surface area contributed by atoms with Gasteiger partial charge in [0.25, 0.3) is 0 Å². The van der Waals surface area contributed by atoms with Crippen molar-refractivity contribution in [1.29, 1.82) is 0 Å². The summed E-state index contributed by atoms with van der Waals surface area (Å²) in [6.07, 6.45) is 20.6. The Kier molecular flexibility index (Phi) is 13.7. The zero-order valence-electron chi connectivity index (χ0n) is 21.3. The Morgan fingerprint density at radius 3 is 2.06 bits per heavy atom. The Balaban J connectivity index is 0.000000289. The second kappa shape index (κ2) is 15.1. The average Bonchev–Trinajstić information content (AvgIpc) is 3.48. The first kappa shape index (κ1) is 31.8. The second-order valence-electron chi connectivity index (χ2n) is 9.95. The SMILES string of the molecule is C=Cc1c[c-]c2c(c1)-c1cc(C=C)ccc1C2.CC(C)(C)C1=CC[C-]=C1.[Cl-].[Cl-].[Zr+2]=[C]1CCCCC1. The van der Waals surface area contributed by atoms with Gasteiger partial charge in [-0.2, -0.15) is 35.4 Å². The summed E-state index contributed by atoms with van der Waals surface area (Å²) in [5.41, 5.74) is 9.31. The normalized spacial score (nSPS) is 15.0. The monoisotopic (exact) mass is 580 g/mol. The summed E-state index contributed by atoms with van der Waals surface area (Å²) < 4.78 is 1.80. The molecule has 0 aromatic heterocycles. The number of halogens is 2. The molecule has 0 unspecified atom stereocenters. The third-order valence-electron chi connectivity index (χ3n) is 6.33. The molecule has 0 saturated heterocycles. The molecule has 0 heterocycles. The fourth-order valence-electron chi connectivity index (χ4n) is 4.26. The second-order valence-corrected chi connectivity index (χ2v) is 11.7. The van der Waals surface area contributed by atoms with Gasteiger partial charge in [0, 0.05) is 0 Å². The molecule has 184 valence electrons. The molecule has 0 N–H and O–H groups in total. The third-order valence-corrected chi connectivity index (χ3v) is 7.56. The zero-order valence-corrected chi connectivity index (χ0v) is 25.3. The van der Waals surface area contributed by atoms with E-state index in [1.54, 1.807) is 27.4 Å². The quantitative estimate of drug-likeness (QED) is 0.408. The Morgan fingerprint density at radius 2 is 1.57 bits per heavy atom. The van der Waals surface area contributed by atoms with E-state index in [1.807, 2.05) is 18.2 Å². The number of rotatable bonds is 2. The van der Waals surface area contributed by atoms with Crippen molar-refractivity contribution < 1.29 is 49.0 Å². The van der Waals surface area contributed by atoms with Crippen LogP contribution in [-0.4, -0.2) is 3.21 Å². The van der Waals surface area contributed by atoms with Crippen molar-refractivity contribution in [2.24, 2.45) is 5.41 Å². The van der Waals surface area contributed by atoms with Crippen molar-refractivity contribution in [3.05, 3.63) is 95.6 Å².